The minimum Gasteiger partial charge on any atom is -0.494 e. The summed E-state index contributed by atoms with van der Waals surface area (Å²) in [5.74, 6) is 1.52. The third-order valence-electron chi connectivity index (χ3n) is 3.02. The van der Waals surface area contributed by atoms with Crippen LogP contribution < -0.4 is 4.74 Å². The monoisotopic (exact) mass is 317 g/mol. The van der Waals surface area contributed by atoms with Crippen molar-refractivity contribution in [3.05, 3.63) is 36.4 Å². The van der Waals surface area contributed by atoms with Gasteiger partial charge in [0.15, 0.2) is 0 Å². The minimum absolute atomic E-state index is 0.712. The molecule has 0 aliphatic heterocycles. The second-order valence-corrected chi connectivity index (χ2v) is 5.62. The number of thioether (sulfide) groups is 1. The molecule has 0 fully saturated rings. The summed E-state index contributed by atoms with van der Waals surface area (Å²) in [6, 6.07) is 5.90. The van der Waals surface area contributed by atoms with Crippen LogP contribution in [0.2, 0.25) is 0 Å². The molecule has 0 atom stereocenters. The number of ether oxygens (including phenoxy) is 1. The van der Waals surface area contributed by atoms with Crippen LogP contribution in [0.5, 0.6) is 5.75 Å². The third-order valence-corrected chi connectivity index (χ3v) is 3.92. The molecule has 0 amide bonds. The van der Waals surface area contributed by atoms with E-state index in [9.17, 15) is 0 Å². The molecule has 0 saturated carbocycles. The molecule has 0 radical (unpaired) electrons. The fourth-order valence-electron chi connectivity index (χ4n) is 1.96. The first kappa shape index (κ1) is 14.5. The van der Waals surface area contributed by atoms with Crippen molar-refractivity contribution in [1.82, 2.24) is 35.0 Å². The van der Waals surface area contributed by atoms with Crippen LogP contribution in [0.3, 0.4) is 0 Å². The number of hydrogen-bond donors (Lipinski definition) is 0. The molecule has 3 rings (SSSR count). The van der Waals surface area contributed by atoms with Crippen LogP contribution in [0.15, 0.2) is 36.0 Å². The van der Waals surface area contributed by atoms with Crippen LogP contribution in [0.1, 0.15) is 5.56 Å². The first-order valence-electron chi connectivity index (χ1n) is 6.66. The number of rotatable bonds is 6. The van der Waals surface area contributed by atoms with Gasteiger partial charge in [0.2, 0.25) is 5.16 Å². The summed E-state index contributed by atoms with van der Waals surface area (Å²) in [5.41, 5.74) is 1.95. The molecule has 0 bridgehead atoms. The second kappa shape index (κ2) is 6.56. The maximum absolute atomic E-state index is 5.39. The van der Waals surface area contributed by atoms with Crippen molar-refractivity contribution < 1.29 is 4.74 Å². The summed E-state index contributed by atoms with van der Waals surface area (Å²) in [6.07, 6.45) is 3.21. The molecule has 0 saturated heterocycles. The molecule has 0 aliphatic rings. The molecule has 0 unspecified atom stereocenters. The highest BCUT2D eigenvalue weighted by molar-refractivity contribution is 7.99. The van der Waals surface area contributed by atoms with E-state index in [0.717, 1.165) is 29.3 Å². The van der Waals surface area contributed by atoms with E-state index in [1.807, 2.05) is 25.1 Å². The Balaban J connectivity index is 1.78. The smallest absolute Gasteiger partial charge is 0.214 e. The summed E-state index contributed by atoms with van der Waals surface area (Å²) in [6.45, 7) is 2.76. The zero-order valence-electron chi connectivity index (χ0n) is 12.2. The quantitative estimate of drug-likeness (QED) is 0.635. The Bertz CT molecular complexity index is 741. The maximum atomic E-state index is 5.39. The highest BCUT2D eigenvalue weighted by Gasteiger charge is 2.13. The molecule has 0 spiro atoms. The number of benzene rings is 1. The van der Waals surface area contributed by atoms with Gasteiger partial charge in [-0.1, -0.05) is 17.8 Å². The van der Waals surface area contributed by atoms with Gasteiger partial charge in [-0.3, -0.25) is 4.68 Å². The molecular formula is C13H15N7OS. The average Bonchev–Trinajstić information content (AvgIpc) is 3.19. The van der Waals surface area contributed by atoms with Crippen molar-refractivity contribution in [2.24, 2.45) is 0 Å². The van der Waals surface area contributed by atoms with E-state index in [0.29, 0.717) is 5.16 Å². The summed E-state index contributed by atoms with van der Waals surface area (Å²) >= 11 is 1.55. The van der Waals surface area contributed by atoms with E-state index >= 15 is 0 Å². The van der Waals surface area contributed by atoms with Gasteiger partial charge in [-0.2, -0.15) is 9.78 Å². The Morgan fingerprint density at radius 2 is 2.23 bits per heavy atom. The number of tetrazole rings is 1. The van der Waals surface area contributed by atoms with Crippen molar-refractivity contribution >= 4 is 11.8 Å². The first-order valence-corrected chi connectivity index (χ1v) is 7.65. The highest BCUT2D eigenvalue weighted by Crippen LogP contribution is 2.26. The van der Waals surface area contributed by atoms with Crippen LogP contribution in [0.25, 0.3) is 5.69 Å². The Labute approximate surface area is 131 Å². The van der Waals surface area contributed by atoms with E-state index in [2.05, 4.69) is 25.6 Å². The molecule has 22 heavy (non-hydrogen) atoms. The molecule has 0 aliphatic carbocycles. The summed E-state index contributed by atoms with van der Waals surface area (Å²) in [4.78, 5) is 3.92. The Morgan fingerprint density at radius 1 is 1.32 bits per heavy atom. The highest BCUT2D eigenvalue weighted by atomic mass is 32.2. The van der Waals surface area contributed by atoms with Gasteiger partial charge >= 0.3 is 0 Å². The zero-order chi connectivity index (χ0) is 15.4. The fourth-order valence-corrected chi connectivity index (χ4v) is 2.78. The van der Waals surface area contributed by atoms with Gasteiger partial charge in [0.05, 0.1) is 13.7 Å². The van der Waals surface area contributed by atoms with Crippen LogP contribution in [0, 0.1) is 6.92 Å². The van der Waals surface area contributed by atoms with Crippen molar-refractivity contribution in [2.45, 2.75) is 18.6 Å². The summed E-state index contributed by atoms with van der Waals surface area (Å²) in [5, 5.41) is 16.7. The maximum Gasteiger partial charge on any atom is 0.214 e. The number of hydrogen-bond acceptors (Lipinski definition) is 7. The van der Waals surface area contributed by atoms with E-state index in [4.69, 9.17) is 4.74 Å². The van der Waals surface area contributed by atoms with Crippen LogP contribution >= 0.6 is 11.8 Å². The second-order valence-electron chi connectivity index (χ2n) is 4.56. The van der Waals surface area contributed by atoms with Gasteiger partial charge in [0.1, 0.15) is 24.1 Å². The van der Waals surface area contributed by atoms with Crippen molar-refractivity contribution in [1.29, 1.82) is 0 Å². The normalized spacial score (nSPS) is 10.8. The standard InChI is InChI=1S/C13H15N7OS/c1-10-3-4-12(21-2)11(7-10)20-13(16-17-18-20)22-6-5-19-9-14-8-15-19/h3-4,7-9H,5-6H2,1-2H3. The molecule has 114 valence electrons. The third kappa shape index (κ3) is 3.08. The molecule has 0 N–H and O–H groups in total. The number of nitrogens with zero attached hydrogens (tertiary/aromatic N) is 7. The SMILES string of the molecule is COc1ccc(C)cc1-n1nnnc1SCCn1cncn1. The van der Waals surface area contributed by atoms with E-state index in [1.54, 1.807) is 34.6 Å². The molecule has 9 heteroatoms. The lowest BCUT2D eigenvalue weighted by Gasteiger charge is -2.10. The van der Waals surface area contributed by atoms with Gasteiger partial charge in [-0.25, -0.2) is 4.98 Å². The van der Waals surface area contributed by atoms with Crippen molar-refractivity contribution in [3.8, 4) is 11.4 Å². The largest absolute Gasteiger partial charge is 0.494 e. The summed E-state index contributed by atoms with van der Waals surface area (Å²) < 4.78 is 8.86. The van der Waals surface area contributed by atoms with E-state index in [-0.39, 0.29) is 0 Å². The molecule has 2 aromatic heterocycles. The predicted octanol–water partition coefficient (Wildman–Crippen LogP) is 1.36. The van der Waals surface area contributed by atoms with Crippen LogP contribution in [0.4, 0.5) is 0 Å². The number of aryl methyl sites for hydroxylation is 2. The van der Waals surface area contributed by atoms with E-state index < -0.39 is 0 Å². The minimum atomic E-state index is 0.712. The predicted molar refractivity (Wildman–Crippen MR) is 81.2 cm³/mol. The van der Waals surface area contributed by atoms with E-state index in [1.165, 1.54) is 6.33 Å². The molecule has 2 heterocycles. The van der Waals surface area contributed by atoms with Gasteiger partial charge in [-0.05, 0) is 35.0 Å². The van der Waals surface area contributed by atoms with Crippen LogP contribution in [-0.4, -0.2) is 47.8 Å². The molecule has 1 aromatic carbocycles. The topological polar surface area (TPSA) is 83.5 Å². The van der Waals surface area contributed by atoms with Gasteiger partial charge < -0.3 is 4.74 Å². The van der Waals surface area contributed by atoms with Gasteiger partial charge in [-0.15, -0.1) is 5.10 Å². The first-order chi connectivity index (χ1) is 10.8. The fraction of sp³-hybridized carbons (Fsp3) is 0.308. The number of aromatic nitrogens is 7. The van der Waals surface area contributed by atoms with Crippen molar-refractivity contribution in [2.75, 3.05) is 12.9 Å². The number of methoxy groups -OCH3 is 1. The van der Waals surface area contributed by atoms with Gasteiger partial charge in [0.25, 0.3) is 0 Å². The molecular weight excluding hydrogens is 302 g/mol. The zero-order valence-corrected chi connectivity index (χ0v) is 13.1. The van der Waals surface area contributed by atoms with Crippen molar-refractivity contribution in [3.63, 3.8) is 0 Å². The average molecular weight is 317 g/mol. The lowest BCUT2D eigenvalue weighted by atomic mass is 10.2. The molecule has 8 nitrogen and oxygen atoms in total. The Kier molecular flexibility index (Phi) is 4.33. The summed E-state index contributed by atoms with van der Waals surface area (Å²) in [7, 11) is 1.63. The Morgan fingerprint density at radius 3 is 3.00 bits per heavy atom. The van der Waals surface area contributed by atoms with Gasteiger partial charge in [0, 0.05) is 5.75 Å². The lowest BCUT2D eigenvalue weighted by molar-refractivity contribution is 0.410. The Hall–Kier alpha value is -2.42. The molecule has 3 aromatic rings. The lowest BCUT2D eigenvalue weighted by Crippen LogP contribution is -2.05. The van der Waals surface area contributed by atoms with Crippen LogP contribution in [-0.2, 0) is 6.54 Å².